The van der Waals surface area contributed by atoms with Crippen molar-refractivity contribution in [2.75, 3.05) is 52.9 Å². The molecule has 1 aliphatic heterocycles. The van der Waals surface area contributed by atoms with Crippen LogP contribution < -0.4 is 9.47 Å². The fourth-order valence-corrected chi connectivity index (χ4v) is 2.87. The highest BCUT2D eigenvalue weighted by Gasteiger charge is 2.08. The molecule has 0 bridgehead atoms. The first-order chi connectivity index (χ1) is 14.8. The number of fused-ring (bicyclic) bond motifs is 1. The number of benzene rings is 2. The molecule has 0 saturated carbocycles. The number of rotatable bonds is 5. The van der Waals surface area contributed by atoms with Crippen molar-refractivity contribution in [1.82, 2.24) is 0 Å². The summed E-state index contributed by atoms with van der Waals surface area (Å²) < 4.78 is 34.0. The summed E-state index contributed by atoms with van der Waals surface area (Å²) in [6.07, 6.45) is 1.83. The van der Waals surface area contributed by atoms with Crippen LogP contribution in [0.25, 0.3) is 6.08 Å². The minimum atomic E-state index is 0.437. The number of ether oxygens (including phenoxy) is 6. The van der Waals surface area contributed by atoms with E-state index < -0.39 is 0 Å². The second-order valence-corrected chi connectivity index (χ2v) is 6.75. The summed E-state index contributed by atoms with van der Waals surface area (Å²) in [5.41, 5.74) is 3.23. The van der Waals surface area contributed by atoms with Crippen LogP contribution in [0.3, 0.4) is 0 Å². The minimum absolute atomic E-state index is 0.437. The van der Waals surface area contributed by atoms with Gasteiger partial charge in [0, 0.05) is 0 Å². The van der Waals surface area contributed by atoms with Gasteiger partial charge in [-0.3, -0.25) is 0 Å². The maximum Gasteiger partial charge on any atom is 0.161 e. The summed E-state index contributed by atoms with van der Waals surface area (Å²) in [7, 11) is 0. The van der Waals surface area contributed by atoms with Crippen LogP contribution in [0, 0.1) is 0 Å². The number of hydrogen-bond acceptors (Lipinski definition) is 6. The summed E-state index contributed by atoms with van der Waals surface area (Å²) in [4.78, 5) is 0. The molecule has 0 amide bonds. The lowest BCUT2D eigenvalue weighted by atomic mass is 10.1. The lowest BCUT2D eigenvalue weighted by Gasteiger charge is -2.14. The van der Waals surface area contributed by atoms with Crippen LogP contribution in [-0.2, 0) is 32.2 Å². The summed E-state index contributed by atoms with van der Waals surface area (Å²) in [5.74, 6) is 1.37. The normalized spacial score (nSPS) is 16.3. The van der Waals surface area contributed by atoms with Gasteiger partial charge in [-0.2, -0.15) is 0 Å². The average Bonchev–Trinajstić information content (AvgIpc) is 2.79. The average molecular weight is 414 g/mol. The van der Waals surface area contributed by atoms with Gasteiger partial charge in [-0.25, -0.2) is 0 Å². The fourth-order valence-electron chi connectivity index (χ4n) is 2.87. The highest BCUT2D eigenvalue weighted by Crippen LogP contribution is 2.29. The quantitative estimate of drug-likeness (QED) is 0.740. The molecule has 0 unspecified atom stereocenters. The van der Waals surface area contributed by atoms with Gasteiger partial charge >= 0.3 is 0 Å². The fraction of sp³-hybridized carbons (Fsp3) is 0.417. The molecule has 162 valence electrons. The molecule has 0 N–H and O–H groups in total. The highest BCUT2D eigenvalue weighted by atomic mass is 16.6. The number of hydrogen-bond donors (Lipinski definition) is 0. The third-order valence-corrected chi connectivity index (χ3v) is 4.48. The Hall–Kier alpha value is -2.38. The van der Waals surface area contributed by atoms with Gasteiger partial charge in [0.05, 0.1) is 52.9 Å². The first kappa shape index (κ1) is 22.3. The summed E-state index contributed by atoms with van der Waals surface area (Å²) in [6.45, 7) is 8.84. The van der Waals surface area contributed by atoms with Crippen LogP contribution in [0.4, 0.5) is 0 Å². The lowest BCUT2D eigenvalue weighted by molar-refractivity contribution is 0.00708. The molecule has 0 fully saturated rings. The zero-order chi connectivity index (χ0) is 20.9. The van der Waals surface area contributed by atoms with Crippen LogP contribution >= 0.6 is 0 Å². The van der Waals surface area contributed by atoms with Gasteiger partial charge in [-0.15, -0.1) is 0 Å². The Balaban J connectivity index is 1.55. The summed E-state index contributed by atoms with van der Waals surface area (Å²) >= 11 is 0. The van der Waals surface area contributed by atoms with Crippen LogP contribution in [0.2, 0.25) is 0 Å². The molecule has 0 atom stereocenters. The Morgan fingerprint density at radius 2 is 1.20 bits per heavy atom. The van der Waals surface area contributed by atoms with Crippen molar-refractivity contribution in [1.29, 1.82) is 0 Å². The van der Waals surface area contributed by atoms with E-state index in [1.807, 2.05) is 48.5 Å². The molecule has 0 aromatic heterocycles. The third-order valence-electron chi connectivity index (χ3n) is 4.48. The minimum Gasteiger partial charge on any atom is -0.487 e. The lowest BCUT2D eigenvalue weighted by Crippen LogP contribution is -2.13. The molecular formula is C24H30O6. The van der Waals surface area contributed by atoms with E-state index in [1.54, 1.807) is 0 Å². The van der Waals surface area contributed by atoms with E-state index in [0.29, 0.717) is 77.6 Å². The maximum absolute atomic E-state index is 5.90. The van der Waals surface area contributed by atoms with Gasteiger partial charge < -0.3 is 28.4 Å². The Labute approximate surface area is 178 Å². The predicted octanol–water partition coefficient (Wildman–Crippen LogP) is 3.87. The zero-order valence-electron chi connectivity index (χ0n) is 17.3. The second-order valence-electron chi connectivity index (χ2n) is 6.75. The van der Waals surface area contributed by atoms with Gasteiger partial charge in [0.1, 0.15) is 13.2 Å². The van der Waals surface area contributed by atoms with Crippen molar-refractivity contribution >= 4 is 6.08 Å². The van der Waals surface area contributed by atoms with Crippen molar-refractivity contribution in [3.8, 4) is 11.5 Å². The van der Waals surface area contributed by atoms with E-state index in [2.05, 4.69) is 6.58 Å². The molecule has 0 spiro atoms. The first-order valence-corrected chi connectivity index (χ1v) is 10.3. The molecule has 2 aromatic carbocycles. The predicted molar refractivity (Wildman–Crippen MR) is 115 cm³/mol. The van der Waals surface area contributed by atoms with Crippen LogP contribution in [0.5, 0.6) is 11.5 Å². The molecule has 0 aliphatic carbocycles. The zero-order valence-corrected chi connectivity index (χ0v) is 17.3. The molecule has 6 nitrogen and oxygen atoms in total. The molecule has 0 saturated heterocycles. The maximum atomic E-state index is 5.90. The van der Waals surface area contributed by atoms with E-state index in [9.17, 15) is 0 Å². The Morgan fingerprint density at radius 1 is 0.667 bits per heavy atom. The standard InChI is InChI=1S/C24H30O6/c1-2-20-3-5-21(6-4-20)18-28-19-22-7-8-23-24(17-22)30-16-14-27-12-10-25-9-11-26-13-15-29-23/h2-8,17H,1,9-16,18-19H2. The smallest absolute Gasteiger partial charge is 0.161 e. The largest absolute Gasteiger partial charge is 0.487 e. The van der Waals surface area contributed by atoms with E-state index >= 15 is 0 Å². The monoisotopic (exact) mass is 414 g/mol. The topological polar surface area (TPSA) is 55.4 Å². The molecular weight excluding hydrogens is 384 g/mol. The van der Waals surface area contributed by atoms with Gasteiger partial charge in [0.15, 0.2) is 11.5 Å². The molecule has 6 heteroatoms. The summed E-state index contributed by atoms with van der Waals surface area (Å²) in [5, 5.41) is 0. The molecule has 1 heterocycles. The van der Waals surface area contributed by atoms with Crippen LogP contribution in [0.15, 0.2) is 49.0 Å². The van der Waals surface area contributed by atoms with Gasteiger partial charge in [-0.05, 0) is 28.8 Å². The van der Waals surface area contributed by atoms with Crippen molar-refractivity contribution in [3.05, 3.63) is 65.7 Å². The summed E-state index contributed by atoms with van der Waals surface area (Å²) in [6, 6.07) is 14.0. The van der Waals surface area contributed by atoms with Crippen molar-refractivity contribution < 1.29 is 28.4 Å². The Bertz CT molecular complexity index is 759. The van der Waals surface area contributed by atoms with Crippen LogP contribution in [-0.4, -0.2) is 52.9 Å². The Morgan fingerprint density at radius 3 is 1.83 bits per heavy atom. The van der Waals surface area contributed by atoms with Gasteiger partial charge in [0.2, 0.25) is 0 Å². The SMILES string of the molecule is C=Cc1ccc(COCc2ccc3c(c2)OCCOCCOCCOCCO3)cc1. The van der Waals surface area contributed by atoms with E-state index in [4.69, 9.17) is 28.4 Å². The molecule has 0 radical (unpaired) electrons. The van der Waals surface area contributed by atoms with E-state index in [-0.39, 0.29) is 0 Å². The molecule has 1 aliphatic rings. The van der Waals surface area contributed by atoms with Gasteiger partial charge in [-0.1, -0.05) is 43.0 Å². The molecule has 2 aromatic rings. The highest BCUT2D eigenvalue weighted by molar-refractivity contribution is 5.47. The van der Waals surface area contributed by atoms with Crippen LogP contribution in [0.1, 0.15) is 16.7 Å². The molecule has 30 heavy (non-hydrogen) atoms. The van der Waals surface area contributed by atoms with Crippen molar-refractivity contribution in [2.45, 2.75) is 13.2 Å². The second kappa shape index (κ2) is 13.0. The van der Waals surface area contributed by atoms with E-state index in [1.165, 1.54) is 0 Å². The Kier molecular flexibility index (Phi) is 9.69. The van der Waals surface area contributed by atoms with E-state index in [0.717, 1.165) is 16.7 Å². The molecule has 3 rings (SSSR count). The van der Waals surface area contributed by atoms with Crippen molar-refractivity contribution in [3.63, 3.8) is 0 Å². The third kappa shape index (κ3) is 7.80. The van der Waals surface area contributed by atoms with Gasteiger partial charge in [0.25, 0.3) is 0 Å². The first-order valence-electron chi connectivity index (χ1n) is 10.3. The van der Waals surface area contributed by atoms with Crippen molar-refractivity contribution in [2.24, 2.45) is 0 Å².